The molecular formula is C37H33NO5. The smallest absolute Gasteiger partial charge is 0.337 e. The van der Waals surface area contributed by atoms with E-state index in [1.54, 1.807) is 31.4 Å². The number of hydrogen-bond acceptors (Lipinski definition) is 4. The molecule has 1 aliphatic carbocycles. The quantitative estimate of drug-likeness (QED) is 0.185. The van der Waals surface area contributed by atoms with Gasteiger partial charge in [0.15, 0.2) is 0 Å². The summed E-state index contributed by atoms with van der Waals surface area (Å²) in [5.74, 6) is -0.439. The minimum atomic E-state index is -0.957. The van der Waals surface area contributed by atoms with Crippen molar-refractivity contribution in [3.8, 4) is 5.75 Å². The number of carbonyl (C=O) groups is 2. The third-order valence-electron chi connectivity index (χ3n) is 8.31. The first kappa shape index (κ1) is 28.0. The molecule has 1 atom stereocenters. The van der Waals surface area contributed by atoms with Gasteiger partial charge >= 0.3 is 11.9 Å². The molecule has 0 fully saturated rings. The van der Waals surface area contributed by atoms with E-state index in [1.165, 1.54) is 18.2 Å². The van der Waals surface area contributed by atoms with Gasteiger partial charge in [-0.25, -0.2) is 9.59 Å². The van der Waals surface area contributed by atoms with Crippen molar-refractivity contribution < 1.29 is 24.2 Å². The zero-order chi connectivity index (χ0) is 29.9. The van der Waals surface area contributed by atoms with E-state index in [0.29, 0.717) is 12.0 Å². The lowest BCUT2D eigenvalue weighted by atomic mass is 9.86. The molecule has 0 aliphatic heterocycles. The highest BCUT2D eigenvalue weighted by atomic mass is 16.5. The van der Waals surface area contributed by atoms with Crippen molar-refractivity contribution in [2.45, 2.75) is 31.7 Å². The number of aromatic carboxylic acids is 1. The molecule has 0 spiro atoms. The lowest BCUT2D eigenvalue weighted by molar-refractivity contribution is 0.0599. The second-order valence-corrected chi connectivity index (χ2v) is 10.9. The van der Waals surface area contributed by atoms with Crippen molar-refractivity contribution in [3.05, 3.63) is 142 Å². The molecule has 4 aromatic carbocycles. The predicted octanol–water partition coefficient (Wildman–Crippen LogP) is 7.54. The van der Waals surface area contributed by atoms with E-state index in [4.69, 9.17) is 9.47 Å². The van der Waals surface area contributed by atoms with Crippen LogP contribution in [-0.2, 0) is 24.0 Å². The highest BCUT2D eigenvalue weighted by Gasteiger charge is 2.24. The molecule has 216 valence electrons. The zero-order valence-corrected chi connectivity index (χ0v) is 24.2. The lowest BCUT2D eigenvalue weighted by Crippen LogP contribution is -2.15. The maximum atomic E-state index is 12.1. The van der Waals surface area contributed by atoms with Crippen LogP contribution in [0, 0.1) is 0 Å². The normalized spacial score (nSPS) is 13.2. The molecule has 6 rings (SSSR count). The van der Waals surface area contributed by atoms with Gasteiger partial charge in [-0.1, -0.05) is 66.7 Å². The maximum Gasteiger partial charge on any atom is 0.337 e. The molecule has 0 saturated heterocycles. The summed E-state index contributed by atoms with van der Waals surface area (Å²) in [5.41, 5.74) is 8.41. The van der Waals surface area contributed by atoms with Gasteiger partial charge in [0.1, 0.15) is 5.75 Å². The first-order chi connectivity index (χ1) is 21.0. The summed E-state index contributed by atoms with van der Waals surface area (Å²) < 4.78 is 12.8. The van der Waals surface area contributed by atoms with Gasteiger partial charge in [0.05, 0.1) is 25.3 Å². The molecule has 6 heteroatoms. The summed E-state index contributed by atoms with van der Waals surface area (Å²) in [4.78, 5) is 24.1. The van der Waals surface area contributed by atoms with Crippen LogP contribution >= 0.6 is 0 Å². The third-order valence-corrected chi connectivity index (χ3v) is 8.31. The van der Waals surface area contributed by atoms with Crippen LogP contribution in [0.15, 0.2) is 103 Å². The lowest BCUT2D eigenvalue weighted by Gasteiger charge is -2.22. The van der Waals surface area contributed by atoms with Crippen molar-refractivity contribution in [1.82, 2.24) is 4.57 Å². The molecule has 1 heterocycles. The first-order valence-electron chi connectivity index (χ1n) is 14.4. The van der Waals surface area contributed by atoms with Crippen LogP contribution in [-0.4, -0.2) is 35.8 Å². The fourth-order valence-electron chi connectivity index (χ4n) is 6.22. The number of nitrogens with zero attached hydrogens (tertiary/aromatic N) is 1. The van der Waals surface area contributed by atoms with Crippen molar-refractivity contribution >= 4 is 28.4 Å². The van der Waals surface area contributed by atoms with Crippen LogP contribution in [0.5, 0.6) is 5.75 Å². The Morgan fingerprint density at radius 3 is 2.26 bits per heavy atom. The Bertz CT molecular complexity index is 1830. The zero-order valence-electron chi connectivity index (χ0n) is 24.2. The number of fused-ring (bicyclic) bond motifs is 2. The second kappa shape index (κ2) is 12.0. The number of methoxy groups -OCH3 is 2. The van der Waals surface area contributed by atoms with Crippen LogP contribution < -0.4 is 4.74 Å². The number of carboxylic acid groups (broad SMARTS) is 1. The van der Waals surface area contributed by atoms with Gasteiger partial charge < -0.3 is 19.1 Å². The van der Waals surface area contributed by atoms with E-state index in [9.17, 15) is 14.7 Å². The van der Waals surface area contributed by atoms with Gasteiger partial charge in [-0.2, -0.15) is 0 Å². The minimum absolute atomic E-state index is 0.0272. The fraction of sp³-hybridized carbons (Fsp3) is 0.189. The number of benzene rings is 4. The molecule has 1 unspecified atom stereocenters. The van der Waals surface area contributed by atoms with Gasteiger partial charge in [0, 0.05) is 34.3 Å². The number of allylic oxidation sites excluding steroid dienone is 1. The number of ether oxygens (including phenoxy) is 2. The van der Waals surface area contributed by atoms with E-state index in [-0.39, 0.29) is 17.6 Å². The predicted molar refractivity (Wildman–Crippen MR) is 168 cm³/mol. The Morgan fingerprint density at radius 1 is 0.837 bits per heavy atom. The molecule has 0 saturated carbocycles. The Labute approximate surface area is 250 Å². The minimum Gasteiger partial charge on any atom is -0.496 e. The van der Waals surface area contributed by atoms with Crippen LogP contribution in [0.3, 0.4) is 0 Å². The number of rotatable bonds is 9. The molecule has 0 amide bonds. The van der Waals surface area contributed by atoms with Crippen LogP contribution in [0.1, 0.15) is 61.0 Å². The fourth-order valence-corrected chi connectivity index (χ4v) is 6.22. The van der Waals surface area contributed by atoms with Crippen molar-refractivity contribution in [2.75, 3.05) is 14.2 Å². The van der Waals surface area contributed by atoms with Gasteiger partial charge in [-0.15, -0.1) is 0 Å². The van der Waals surface area contributed by atoms with Gasteiger partial charge in [-0.3, -0.25) is 0 Å². The Morgan fingerprint density at radius 2 is 1.56 bits per heavy atom. The number of hydrogen-bond donors (Lipinski definition) is 1. The molecule has 6 nitrogen and oxygen atoms in total. The van der Waals surface area contributed by atoms with E-state index >= 15 is 0 Å². The van der Waals surface area contributed by atoms with Crippen molar-refractivity contribution in [2.24, 2.45) is 0 Å². The summed E-state index contributed by atoms with van der Waals surface area (Å²) in [6, 6.07) is 29.4. The Hall–Kier alpha value is -5.10. The third kappa shape index (κ3) is 5.56. The molecule has 1 aromatic heterocycles. The topological polar surface area (TPSA) is 77.8 Å². The van der Waals surface area contributed by atoms with Crippen LogP contribution in [0.2, 0.25) is 0 Å². The average Bonchev–Trinajstić information content (AvgIpc) is 3.43. The molecule has 0 bridgehead atoms. The van der Waals surface area contributed by atoms with Gasteiger partial charge in [0.2, 0.25) is 0 Å². The number of carbonyl (C=O) groups excluding carboxylic acids is 1. The molecule has 1 N–H and O–H groups in total. The van der Waals surface area contributed by atoms with Crippen molar-refractivity contribution in [3.63, 3.8) is 0 Å². The summed E-state index contributed by atoms with van der Waals surface area (Å²) in [5, 5.41) is 10.9. The highest BCUT2D eigenvalue weighted by Crippen LogP contribution is 2.41. The van der Waals surface area contributed by atoms with Crippen molar-refractivity contribution in [1.29, 1.82) is 0 Å². The number of aromatic nitrogens is 1. The summed E-state index contributed by atoms with van der Waals surface area (Å²) in [7, 11) is 3.08. The maximum absolute atomic E-state index is 12.1. The van der Waals surface area contributed by atoms with E-state index in [0.717, 1.165) is 58.2 Å². The Balaban J connectivity index is 1.51. The monoisotopic (exact) mass is 571 g/mol. The SMILES string of the molecule is COC(=O)c1ccc(CC(Cc2ccccc2)n2cc(C3=CCCc4c(OC)cccc43)c3ccc(C(=O)O)cc32)cc1. The highest BCUT2D eigenvalue weighted by molar-refractivity contribution is 6.01. The molecule has 1 aliphatic rings. The largest absolute Gasteiger partial charge is 0.496 e. The molecule has 43 heavy (non-hydrogen) atoms. The summed E-state index contributed by atoms with van der Waals surface area (Å²) >= 11 is 0. The average molecular weight is 572 g/mol. The van der Waals surface area contributed by atoms with Crippen LogP contribution in [0.25, 0.3) is 16.5 Å². The molecule has 5 aromatic rings. The standard InChI is InChI=1S/C37H33NO5/c1-42-35-13-7-11-29-30(10-6-12-32(29)35)33-23-38(34-22-27(36(39)40)18-19-31(33)34)28(20-24-8-4-3-5-9-24)21-25-14-16-26(17-15-25)37(41)43-2/h3-5,7-11,13-19,22-23,28H,6,12,20-21H2,1-2H3,(H,39,40). The summed E-state index contributed by atoms with van der Waals surface area (Å²) in [6.45, 7) is 0. The van der Waals surface area contributed by atoms with E-state index in [1.807, 2.05) is 48.5 Å². The molecular weight excluding hydrogens is 538 g/mol. The number of carboxylic acids is 1. The molecule has 0 radical (unpaired) electrons. The van der Waals surface area contributed by atoms with E-state index in [2.05, 4.69) is 35.0 Å². The van der Waals surface area contributed by atoms with Gasteiger partial charge in [-0.05, 0) is 78.3 Å². The van der Waals surface area contributed by atoms with Gasteiger partial charge in [0.25, 0.3) is 0 Å². The van der Waals surface area contributed by atoms with Crippen LogP contribution in [0.4, 0.5) is 0 Å². The number of esters is 1. The second-order valence-electron chi connectivity index (χ2n) is 10.9. The Kier molecular flexibility index (Phi) is 7.84. The van der Waals surface area contributed by atoms with E-state index < -0.39 is 5.97 Å². The first-order valence-corrected chi connectivity index (χ1v) is 14.4. The summed E-state index contributed by atoms with van der Waals surface area (Å²) in [6.07, 6.45) is 7.69.